The average molecular weight is 229 g/mol. The molecule has 2 rings (SSSR count). The van der Waals surface area contributed by atoms with Crippen LogP contribution in [-0.2, 0) is 6.42 Å². The smallest absolute Gasteiger partial charge is 0.115 e. The van der Waals surface area contributed by atoms with E-state index in [-0.39, 0.29) is 5.41 Å². The van der Waals surface area contributed by atoms with Crippen LogP contribution in [0.25, 0.3) is 0 Å². The SMILES string of the molecule is N#CC1(Cc2ccc(O)cc2)CCCCCC1. The van der Waals surface area contributed by atoms with Crippen LogP contribution in [0, 0.1) is 16.7 Å². The number of hydrogen-bond donors (Lipinski definition) is 1. The van der Waals surface area contributed by atoms with Crippen LogP contribution in [0.3, 0.4) is 0 Å². The minimum atomic E-state index is -0.173. The first kappa shape index (κ1) is 12.0. The summed E-state index contributed by atoms with van der Waals surface area (Å²) in [5.41, 5.74) is 0.985. The predicted octanol–water partition coefficient (Wildman–Crippen LogP) is 3.80. The van der Waals surface area contributed by atoms with Crippen molar-refractivity contribution in [1.29, 1.82) is 5.26 Å². The summed E-state index contributed by atoms with van der Waals surface area (Å²) in [6.45, 7) is 0. The molecular formula is C15H19NO. The van der Waals surface area contributed by atoms with E-state index in [1.165, 1.54) is 25.7 Å². The van der Waals surface area contributed by atoms with E-state index in [4.69, 9.17) is 0 Å². The Morgan fingerprint density at radius 2 is 1.65 bits per heavy atom. The Morgan fingerprint density at radius 1 is 1.06 bits per heavy atom. The fourth-order valence-corrected chi connectivity index (χ4v) is 2.74. The van der Waals surface area contributed by atoms with Crippen LogP contribution in [0.4, 0.5) is 0 Å². The molecule has 17 heavy (non-hydrogen) atoms. The lowest BCUT2D eigenvalue weighted by Gasteiger charge is -2.24. The van der Waals surface area contributed by atoms with E-state index < -0.39 is 0 Å². The maximum atomic E-state index is 9.48. The highest BCUT2D eigenvalue weighted by molar-refractivity contribution is 5.27. The van der Waals surface area contributed by atoms with Gasteiger partial charge in [0.15, 0.2) is 0 Å². The van der Waals surface area contributed by atoms with Gasteiger partial charge in [-0.2, -0.15) is 5.26 Å². The van der Waals surface area contributed by atoms with E-state index in [0.29, 0.717) is 5.75 Å². The first-order valence-corrected chi connectivity index (χ1v) is 6.43. The van der Waals surface area contributed by atoms with Gasteiger partial charge in [-0.25, -0.2) is 0 Å². The largest absolute Gasteiger partial charge is 0.508 e. The fraction of sp³-hybridized carbons (Fsp3) is 0.533. The second kappa shape index (κ2) is 5.23. The van der Waals surface area contributed by atoms with Crippen LogP contribution in [0.1, 0.15) is 44.1 Å². The highest BCUT2D eigenvalue weighted by Crippen LogP contribution is 2.37. The lowest BCUT2D eigenvalue weighted by Crippen LogP contribution is -2.20. The highest BCUT2D eigenvalue weighted by atomic mass is 16.3. The van der Waals surface area contributed by atoms with Crippen LogP contribution >= 0.6 is 0 Å². The van der Waals surface area contributed by atoms with E-state index >= 15 is 0 Å². The molecule has 0 atom stereocenters. The Balaban J connectivity index is 2.13. The molecule has 0 radical (unpaired) electrons. The number of nitriles is 1. The molecule has 0 spiro atoms. The molecule has 0 heterocycles. The zero-order valence-corrected chi connectivity index (χ0v) is 10.2. The number of phenolic OH excluding ortho intramolecular Hbond substituents is 1. The molecule has 1 aromatic rings. The molecule has 90 valence electrons. The van der Waals surface area contributed by atoms with E-state index in [2.05, 4.69) is 6.07 Å². The summed E-state index contributed by atoms with van der Waals surface area (Å²) < 4.78 is 0. The van der Waals surface area contributed by atoms with Crippen LogP contribution in [-0.4, -0.2) is 5.11 Å². The third-order valence-corrected chi connectivity index (χ3v) is 3.78. The molecule has 0 aliphatic heterocycles. The molecule has 1 aliphatic rings. The van der Waals surface area contributed by atoms with E-state index in [1.807, 2.05) is 12.1 Å². The first-order chi connectivity index (χ1) is 8.24. The molecule has 0 saturated heterocycles. The summed E-state index contributed by atoms with van der Waals surface area (Å²) in [5, 5.41) is 18.7. The highest BCUT2D eigenvalue weighted by Gasteiger charge is 2.30. The van der Waals surface area contributed by atoms with Gasteiger partial charge in [0.2, 0.25) is 0 Å². The van der Waals surface area contributed by atoms with Gasteiger partial charge in [-0.05, 0) is 37.0 Å². The van der Waals surface area contributed by atoms with Gasteiger partial charge < -0.3 is 5.11 Å². The monoisotopic (exact) mass is 229 g/mol. The molecule has 0 unspecified atom stereocenters. The van der Waals surface area contributed by atoms with Crippen molar-refractivity contribution >= 4 is 0 Å². The summed E-state index contributed by atoms with van der Waals surface area (Å²) in [6.07, 6.45) is 7.73. The van der Waals surface area contributed by atoms with Crippen LogP contribution in [0.5, 0.6) is 5.75 Å². The summed E-state index contributed by atoms with van der Waals surface area (Å²) in [5.74, 6) is 0.292. The molecule has 2 heteroatoms. The van der Waals surface area contributed by atoms with Gasteiger partial charge in [0.25, 0.3) is 0 Å². The van der Waals surface area contributed by atoms with Gasteiger partial charge in [-0.3, -0.25) is 0 Å². The average Bonchev–Trinajstić information content (AvgIpc) is 2.58. The number of nitrogens with zero attached hydrogens (tertiary/aromatic N) is 1. The lowest BCUT2D eigenvalue weighted by atomic mass is 9.77. The van der Waals surface area contributed by atoms with Gasteiger partial charge in [-0.15, -0.1) is 0 Å². The number of phenols is 1. The van der Waals surface area contributed by atoms with Crippen molar-refractivity contribution in [2.24, 2.45) is 5.41 Å². The van der Waals surface area contributed by atoms with E-state index in [0.717, 1.165) is 24.8 Å². The maximum absolute atomic E-state index is 9.48. The molecule has 1 N–H and O–H groups in total. The van der Waals surface area contributed by atoms with E-state index in [9.17, 15) is 10.4 Å². The minimum Gasteiger partial charge on any atom is -0.508 e. The molecule has 0 amide bonds. The zero-order chi connectivity index (χ0) is 12.1. The second-order valence-electron chi connectivity index (χ2n) is 5.15. The van der Waals surface area contributed by atoms with Crippen LogP contribution < -0.4 is 0 Å². The van der Waals surface area contributed by atoms with Crippen molar-refractivity contribution < 1.29 is 5.11 Å². The van der Waals surface area contributed by atoms with Gasteiger partial charge >= 0.3 is 0 Å². The lowest BCUT2D eigenvalue weighted by molar-refractivity contribution is 0.339. The van der Waals surface area contributed by atoms with Crippen molar-refractivity contribution in [2.75, 3.05) is 0 Å². The number of rotatable bonds is 2. The fourth-order valence-electron chi connectivity index (χ4n) is 2.74. The van der Waals surface area contributed by atoms with Gasteiger partial charge in [0, 0.05) is 0 Å². The van der Waals surface area contributed by atoms with Gasteiger partial charge in [-0.1, -0.05) is 37.8 Å². The summed E-state index contributed by atoms with van der Waals surface area (Å²) >= 11 is 0. The second-order valence-corrected chi connectivity index (χ2v) is 5.15. The number of hydrogen-bond acceptors (Lipinski definition) is 2. The van der Waals surface area contributed by atoms with Gasteiger partial charge in [0.05, 0.1) is 11.5 Å². The standard InChI is InChI=1S/C15H19NO/c16-12-15(9-3-1-2-4-10-15)11-13-5-7-14(17)8-6-13/h5-8,17H,1-4,9-11H2. The quantitative estimate of drug-likeness (QED) is 0.784. The minimum absolute atomic E-state index is 0.173. The molecule has 1 aliphatic carbocycles. The van der Waals surface area contributed by atoms with Crippen molar-refractivity contribution in [3.8, 4) is 11.8 Å². The Hall–Kier alpha value is -1.49. The molecule has 0 aromatic heterocycles. The van der Waals surface area contributed by atoms with Crippen molar-refractivity contribution in [2.45, 2.75) is 44.9 Å². The number of aromatic hydroxyl groups is 1. The molecule has 1 aromatic carbocycles. The summed E-state index contributed by atoms with van der Waals surface area (Å²) in [6, 6.07) is 9.83. The third-order valence-electron chi connectivity index (χ3n) is 3.78. The van der Waals surface area contributed by atoms with Crippen LogP contribution in [0.15, 0.2) is 24.3 Å². The Morgan fingerprint density at radius 3 is 2.18 bits per heavy atom. The molecular weight excluding hydrogens is 210 g/mol. The third kappa shape index (κ3) is 3.00. The van der Waals surface area contributed by atoms with E-state index in [1.54, 1.807) is 12.1 Å². The Kier molecular flexibility index (Phi) is 3.68. The summed E-state index contributed by atoms with van der Waals surface area (Å²) in [7, 11) is 0. The maximum Gasteiger partial charge on any atom is 0.115 e. The normalized spacial score (nSPS) is 19.2. The molecule has 1 fully saturated rings. The topological polar surface area (TPSA) is 44.0 Å². The Bertz CT molecular complexity index is 394. The van der Waals surface area contributed by atoms with Crippen molar-refractivity contribution in [3.63, 3.8) is 0 Å². The summed E-state index contributed by atoms with van der Waals surface area (Å²) in [4.78, 5) is 0. The zero-order valence-electron chi connectivity index (χ0n) is 10.2. The number of benzene rings is 1. The predicted molar refractivity (Wildman–Crippen MR) is 67.6 cm³/mol. The van der Waals surface area contributed by atoms with Crippen LogP contribution in [0.2, 0.25) is 0 Å². The first-order valence-electron chi connectivity index (χ1n) is 6.43. The molecule has 0 bridgehead atoms. The molecule has 1 saturated carbocycles. The van der Waals surface area contributed by atoms with Gasteiger partial charge in [0.1, 0.15) is 5.75 Å². The molecule has 2 nitrogen and oxygen atoms in total. The Labute approximate surface area is 103 Å². The van der Waals surface area contributed by atoms with Crippen molar-refractivity contribution in [3.05, 3.63) is 29.8 Å². The van der Waals surface area contributed by atoms with Crippen molar-refractivity contribution in [1.82, 2.24) is 0 Å².